The second-order valence-corrected chi connectivity index (χ2v) is 7.32. The fourth-order valence-corrected chi connectivity index (χ4v) is 3.50. The van der Waals surface area contributed by atoms with Gasteiger partial charge in [0.1, 0.15) is 5.75 Å². The van der Waals surface area contributed by atoms with Crippen LogP contribution >= 0.6 is 0 Å². The van der Waals surface area contributed by atoms with Gasteiger partial charge in [-0.05, 0) is 43.9 Å². The van der Waals surface area contributed by atoms with Crippen LogP contribution < -0.4 is 4.74 Å². The summed E-state index contributed by atoms with van der Waals surface area (Å²) in [5, 5.41) is 0. The molecule has 5 heteroatoms. The van der Waals surface area contributed by atoms with Crippen LogP contribution in [0.5, 0.6) is 5.75 Å². The Kier molecular flexibility index (Phi) is 7.49. The average molecular weight is 361 g/mol. The van der Waals surface area contributed by atoms with Gasteiger partial charge in [0.25, 0.3) is 5.91 Å². The van der Waals surface area contributed by atoms with Crippen LogP contribution in [0, 0.1) is 19.8 Å². The number of carbonyl (C=O) groups excluding carboxylic acids is 2. The Labute approximate surface area is 156 Å². The normalized spacial score (nSPS) is 16.0. The van der Waals surface area contributed by atoms with E-state index < -0.39 is 0 Å². The summed E-state index contributed by atoms with van der Waals surface area (Å²) < 4.78 is 10.6. The Morgan fingerprint density at radius 2 is 1.88 bits per heavy atom. The first-order valence-corrected chi connectivity index (χ1v) is 9.49. The number of amides is 1. The van der Waals surface area contributed by atoms with E-state index in [1.165, 1.54) is 13.5 Å². The average Bonchev–Trinajstić information content (AvgIpc) is 2.66. The molecular formula is C21H31NO4. The first-order valence-electron chi connectivity index (χ1n) is 9.49. The Morgan fingerprint density at radius 1 is 1.19 bits per heavy atom. The fourth-order valence-electron chi connectivity index (χ4n) is 3.50. The molecule has 5 nitrogen and oxygen atoms in total. The van der Waals surface area contributed by atoms with Crippen LogP contribution in [-0.4, -0.2) is 43.1 Å². The lowest BCUT2D eigenvalue weighted by Gasteiger charge is -2.35. The highest BCUT2D eigenvalue weighted by Gasteiger charge is 2.29. The molecule has 1 amide bonds. The summed E-state index contributed by atoms with van der Waals surface area (Å²) in [4.78, 5) is 26.6. The Hall–Kier alpha value is -2.04. The van der Waals surface area contributed by atoms with Gasteiger partial charge in [-0.1, -0.05) is 38.3 Å². The molecule has 0 heterocycles. The summed E-state index contributed by atoms with van der Waals surface area (Å²) >= 11 is 0. The first kappa shape index (κ1) is 20.3. The zero-order chi connectivity index (χ0) is 19.1. The fraction of sp³-hybridized carbons (Fsp3) is 0.619. The number of rotatable bonds is 7. The molecule has 0 radical (unpaired) electrons. The van der Waals surface area contributed by atoms with E-state index in [0.29, 0.717) is 6.54 Å². The van der Waals surface area contributed by atoms with Crippen molar-refractivity contribution >= 4 is 11.9 Å². The smallest absolute Gasteiger partial charge is 0.310 e. The van der Waals surface area contributed by atoms with Crippen molar-refractivity contribution in [2.45, 2.75) is 58.9 Å². The molecule has 1 unspecified atom stereocenters. The van der Waals surface area contributed by atoms with Crippen LogP contribution in [-0.2, 0) is 14.3 Å². The van der Waals surface area contributed by atoms with Crippen molar-refractivity contribution < 1.29 is 19.1 Å². The summed E-state index contributed by atoms with van der Waals surface area (Å²) in [5.41, 5.74) is 2.11. The van der Waals surface area contributed by atoms with Gasteiger partial charge in [0.2, 0.25) is 0 Å². The van der Waals surface area contributed by atoms with Crippen molar-refractivity contribution in [1.29, 1.82) is 0 Å². The third kappa shape index (κ3) is 5.48. The van der Waals surface area contributed by atoms with Crippen LogP contribution in [0.25, 0.3) is 0 Å². The monoisotopic (exact) mass is 361 g/mol. The van der Waals surface area contributed by atoms with Crippen molar-refractivity contribution in [3.63, 3.8) is 0 Å². The lowest BCUT2D eigenvalue weighted by molar-refractivity contribution is -0.147. The van der Waals surface area contributed by atoms with Crippen LogP contribution in [0.2, 0.25) is 0 Å². The standard InChI is InChI=1S/C21H31NO4/c1-15-10-11-16(2)19(12-15)26-14-20(23)22(13-17(3)21(24)25-4)18-8-6-5-7-9-18/h10-12,17-18H,5-9,13-14H2,1-4H3. The minimum absolute atomic E-state index is 0.00527. The van der Waals surface area contributed by atoms with Crippen molar-refractivity contribution in [3.05, 3.63) is 29.3 Å². The second-order valence-electron chi connectivity index (χ2n) is 7.32. The summed E-state index contributed by atoms with van der Waals surface area (Å²) in [6, 6.07) is 6.15. The molecule has 1 aliphatic carbocycles. The molecule has 0 N–H and O–H groups in total. The predicted molar refractivity (Wildman–Crippen MR) is 101 cm³/mol. The lowest BCUT2D eigenvalue weighted by Crippen LogP contribution is -2.47. The van der Waals surface area contributed by atoms with Crippen molar-refractivity contribution in [3.8, 4) is 5.75 Å². The molecule has 1 aromatic carbocycles. The number of methoxy groups -OCH3 is 1. The van der Waals surface area contributed by atoms with E-state index in [1.807, 2.05) is 36.9 Å². The Balaban J connectivity index is 2.06. The number of hydrogen-bond donors (Lipinski definition) is 0. The topological polar surface area (TPSA) is 55.8 Å². The number of aryl methyl sites for hydroxylation is 2. The molecule has 1 aliphatic rings. The summed E-state index contributed by atoms with van der Waals surface area (Å²) in [5.74, 6) is 0.0529. The Bertz CT molecular complexity index is 622. The summed E-state index contributed by atoms with van der Waals surface area (Å²) in [6.45, 7) is 6.15. The van der Waals surface area contributed by atoms with Gasteiger partial charge in [-0.2, -0.15) is 0 Å². The maximum absolute atomic E-state index is 12.9. The van der Waals surface area contributed by atoms with Gasteiger partial charge in [-0.15, -0.1) is 0 Å². The molecular weight excluding hydrogens is 330 g/mol. The van der Waals surface area contributed by atoms with Crippen LogP contribution in [0.1, 0.15) is 50.2 Å². The molecule has 0 spiro atoms. The Morgan fingerprint density at radius 3 is 2.54 bits per heavy atom. The van der Waals surface area contributed by atoms with E-state index in [-0.39, 0.29) is 30.4 Å². The number of benzene rings is 1. The van der Waals surface area contributed by atoms with Crippen molar-refractivity contribution in [2.75, 3.05) is 20.3 Å². The van der Waals surface area contributed by atoms with E-state index in [4.69, 9.17) is 9.47 Å². The SMILES string of the molecule is COC(=O)C(C)CN(C(=O)COc1cc(C)ccc1C)C1CCCCC1. The van der Waals surface area contributed by atoms with Gasteiger partial charge in [-0.3, -0.25) is 9.59 Å². The van der Waals surface area contributed by atoms with Gasteiger partial charge in [-0.25, -0.2) is 0 Å². The second kappa shape index (κ2) is 9.60. The van der Waals surface area contributed by atoms with Crippen LogP contribution in [0.3, 0.4) is 0 Å². The number of nitrogens with zero attached hydrogens (tertiary/aromatic N) is 1. The van der Waals surface area contributed by atoms with Gasteiger partial charge < -0.3 is 14.4 Å². The highest BCUT2D eigenvalue weighted by Crippen LogP contribution is 2.24. The molecule has 144 valence electrons. The van der Waals surface area contributed by atoms with Crippen LogP contribution in [0.4, 0.5) is 0 Å². The van der Waals surface area contributed by atoms with E-state index in [9.17, 15) is 9.59 Å². The summed E-state index contributed by atoms with van der Waals surface area (Å²) in [6.07, 6.45) is 5.44. The largest absolute Gasteiger partial charge is 0.483 e. The molecule has 2 rings (SSSR count). The van der Waals surface area contributed by atoms with Gasteiger partial charge >= 0.3 is 5.97 Å². The molecule has 1 saturated carbocycles. The highest BCUT2D eigenvalue weighted by molar-refractivity contribution is 5.79. The highest BCUT2D eigenvalue weighted by atomic mass is 16.5. The number of ether oxygens (including phenoxy) is 2. The molecule has 26 heavy (non-hydrogen) atoms. The van der Waals surface area contributed by atoms with Crippen molar-refractivity contribution in [2.24, 2.45) is 5.92 Å². The number of esters is 1. The molecule has 0 aromatic heterocycles. The molecule has 0 aliphatic heterocycles. The maximum Gasteiger partial charge on any atom is 0.310 e. The third-order valence-electron chi connectivity index (χ3n) is 5.10. The first-order chi connectivity index (χ1) is 12.4. The number of carbonyl (C=O) groups is 2. The zero-order valence-corrected chi connectivity index (χ0v) is 16.4. The number of hydrogen-bond acceptors (Lipinski definition) is 4. The minimum Gasteiger partial charge on any atom is -0.483 e. The predicted octanol–water partition coefficient (Wildman–Crippen LogP) is 3.65. The minimum atomic E-state index is -0.341. The van der Waals surface area contributed by atoms with E-state index >= 15 is 0 Å². The van der Waals surface area contributed by atoms with Crippen LogP contribution in [0.15, 0.2) is 18.2 Å². The molecule has 0 saturated heterocycles. The van der Waals surface area contributed by atoms with Gasteiger partial charge in [0, 0.05) is 12.6 Å². The summed E-state index contributed by atoms with van der Waals surface area (Å²) in [7, 11) is 1.38. The van der Waals surface area contributed by atoms with Gasteiger partial charge in [0.05, 0.1) is 13.0 Å². The third-order valence-corrected chi connectivity index (χ3v) is 5.10. The maximum atomic E-state index is 12.9. The van der Waals surface area contributed by atoms with E-state index in [2.05, 4.69) is 0 Å². The molecule has 1 atom stereocenters. The van der Waals surface area contributed by atoms with E-state index in [1.54, 1.807) is 6.92 Å². The van der Waals surface area contributed by atoms with E-state index in [0.717, 1.165) is 42.6 Å². The van der Waals surface area contributed by atoms with Crippen molar-refractivity contribution in [1.82, 2.24) is 4.90 Å². The molecule has 1 aromatic rings. The zero-order valence-electron chi connectivity index (χ0n) is 16.4. The molecule has 1 fully saturated rings. The molecule has 0 bridgehead atoms. The quantitative estimate of drug-likeness (QED) is 0.696. The van der Waals surface area contributed by atoms with Gasteiger partial charge in [0.15, 0.2) is 6.61 Å². The lowest BCUT2D eigenvalue weighted by atomic mass is 9.93.